The summed E-state index contributed by atoms with van der Waals surface area (Å²) in [6, 6.07) is 3.11. The number of nitroso groups, excluding NO2 is 1. The maximum atomic E-state index is 10.4. The molecule has 0 aliphatic rings. The van der Waals surface area contributed by atoms with Gasteiger partial charge in [0.2, 0.25) is 0 Å². The molecule has 0 saturated carbocycles. The lowest BCUT2D eigenvalue weighted by atomic mass is 10.1. The monoisotopic (exact) mass is 165 g/mol. The van der Waals surface area contributed by atoms with Gasteiger partial charge in [-0.25, -0.2) is 0 Å². The summed E-state index contributed by atoms with van der Waals surface area (Å²) in [6.07, 6.45) is 0.705. The van der Waals surface area contributed by atoms with Crippen LogP contribution < -0.4 is 0 Å². The van der Waals surface area contributed by atoms with E-state index >= 15 is 0 Å². The molecule has 0 saturated heterocycles. The molecule has 0 spiro atoms. The lowest BCUT2D eigenvalue weighted by Crippen LogP contribution is -1.84. The predicted octanol–water partition coefficient (Wildman–Crippen LogP) is 2.66. The standard InChI is InChI=1S/C9H11NO2/c1-3-7-5-8(11)4-6(2)9(7)10-12/h4-5,11H,3H2,1-2H3. The van der Waals surface area contributed by atoms with Crippen molar-refractivity contribution >= 4 is 5.69 Å². The highest BCUT2D eigenvalue weighted by molar-refractivity contribution is 5.55. The molecule has 0 bridgehead atoms. The number of hydrogen-bond acceptors (Lipinski definition) is 3. The van der Waals surface area contributed by atoms with Gasteiger partial charge in [0.1, 0.15) is 11.4 Å². The second-order valence-electron chi connectivity index (χ2n) is 2.72. The van der Waals surface area contributed by atoms with E-state index in [0.717, 1.165) is 11.1 Å². The molecule has 0 aromatic heterocycles. The van der Waals surface area contributed by atoms with Crippen molar-refractivity contribution in [2.24, 2.45) is 5.18 Å². The topological polar surface area (TPSA) is 49.7 Å². The van der Waals surface area contributed by atoms with Gasteiger partial charge in [0.05, 0.1) is 0 Å². The summed E-state index contributed by atoms with van der Waals surface area (Å²) >= 11 is 0. The number of phenols is 1. The molecular formula is C9H11NO2. The number of phenolic OH excluding ortho intramolecular Hbond substituents is 1. The number of benzene rings is 1. The molecule has 0 heterocycles. The maximum absolute atomic E-state index is 10.4. The van der Waals surface area contributed by atoms with Crippen LogP contribution >= 0.6 is 0 Å². The van der Waals surface area contributed by atoms with Gasteiger partial charge in [-0.05, 0) is 41.8 Å². The average Bonchev–Trinajstić information content (AvgIpc) is 2.03. The van der Waals surface area contributed by atoms with Gasteiger partial charge < -0.3 is 5.11 Å². The normalized spacial score (nSPS) is 9.83. The van der Waals surface area contributed by atoms with E-state index in [1.165, 1.54) is 6.07 Å². The zero-order valence-corrected chi connectivity index (χ0v) is 7.16. The number of aryl methyl sites for hydroxylation is 2. The molecule has 3 heteroatoms. The molecule has 12 heavy (non-hydrogen) atoms. The molecule has 1 N–H and O–H groups in total. The number of rotatable bonds is 2. The molecule has 64 valence electrons. The van der Waals surface area contributed by atoms with Crippen LogP contribution in [0.2, 0.25) is 0 Å². The molecule has 0 atom stereocenters. The minimum absolute atomic E-state index is 0.191. The molecule has 3 nitrogen and oxygen atoms in total. The lowest BCUT2D eigenvalue weighted by Gasteiger charge is -2.04. The Kier molecular flexibility index (Phi) is 2.43. The van der Waals surface area contributed by atoms with Crippen molar-refractivity contribution in [3.8, 4) is 5.75 Å². The van der Waals surface area contributed by atoms with Crippen LogP contribution in [0, 0.1) is 11.8 Å². The van der Waals surface area contributed by atoms with Gasteiger partial charge in [0, 0.05) is 0 Å². The van der Waals surface area contributed by atoms with E-state index in [1.54, 1.807) is 13.0 Å². The van der Waals surface area contributed by atoms with Crippen molar-refractivity contribution in [3.05, 3.63) is 28.2 Å². The number of aromatic hydroxyl groups is 1. The highest BCUT2D eigenvalue weighted by atomic mass is 16.3. The van der Waals surface area contributed by atoms with E-state index in [9.17, 15) is 10.0 Å². The number of hydrogen-bond donors (Lipinski definition) is 1. The van der Waals surface area contributed by atoms with Crippen molar-refractivity contribution in [2.75, 3.05) is 0 Å². The summed E-state index contributed by atoms with van der Waals surface area (Å²) < 4.78 is 0. The fourth-order valence-electron chi connectivity index (χ4n) is 1.23. The van der Waals surface area contributed by atoms with E-state index in [0.29, 0.717) is 12.1 Å². The summed E-state index contributed by atoms with van der Waals surface area (Å²) in [6.45, 7) is 3.68. The van der Waals surface area contributed by atoms with Crippen molar-refractivity contribution in [1.29, 1.82) is 0 Å². The number of nitrogens with zero attached hydrogens (tertiary/aromatic N) is 1. The Hall–Kier alpha value is -1.38. The first-order valence-corrected chi connectivity index (χ1v) is 3.85. The first-order chi connectivity index (χ1) is 5.69. The van der Waals surface area contributed by atoms with Crippen molar-refractivity contribution in [2.45, 2.75) is 20.3 Å². The van der Waals surface area contributed by atoms with Gasteiger partial charge in [-0.1, -0.05) is 6.92 Å². The Morgan fingerprint density at radius 1 is 1.50 bits per heavy atom. The van der Waals surface area contributed by atoms with E-state index in [4.69, 9.17) is 0 Å². The van der Waals surface area contributed by atoms with Crippen molar-refractivity contribution in [1.82, 2.24) is 0 Å². The minimum Gasteiger partial charge on any atom is -0.508 e. The third kappa shape index (κ3) is 1.44. The molecular weight excluding hydrogens is 154 g/mol. The third-order valence-corrected chi connectivity index (χ3v) is 1.84. The van der Waals surface area contributed by atoms with Crippen LogP contribution in [0.1, 0.15) is 18.1 Å². The van der Waals surface area contributed by atoms with Gasteiger partial charge in [-0.2, -0.15) is 0 Å². The SMILES string of the molecule is CCc1cc(O)cc(C)c1N=O. The van der Waals surface area contributed by atoms with E-state index in [2.05, 4.69) is 5.18 Å². The van der Waals surface area contributed by atoms with E-state index in [-0.39, 0.29) is 5.75 Å². The Bertz CT molecular complexity index is 308. The largest absolute Gasteiger partial charge is 0.508 e. The average molecular weight is 165 g/mol. The second-order valence-corrected chi connectivity index (χ2v) is 2.72. The van der Waals surface area contributed by atoms with E-state index in [1.807, 2.05) is 6.92 Å². The summed E-state index contributed by atoms with van der Waals surface area (Å²) in [5, 5.41) is 12.1. The maximum Gasteiger partial charge on any atom is 0.116 e. The first kappa shape index (κ1) is 8.71. The zero-order chi connectivity index (χ0) is 9.14. The molecule has 1 aromatic rings. The minimum atomic E-state index is 0.191. The van der Waals surface area contributed by atoms with Crippen LogP contribution in [0.3, 0.4) is 0 Å². The third-order valence-electron chi connectivity index (χ3n) is 1.84. The lowest BCUT2D eigenvalue weighted by molar-refractivity contribution is 0.474. The molecule has 1 aromatic carbocycles. The Labute approximate surface area is 71.0 Å². The van der Waals surface area contributed by atoms with Crippen LogP contribution in [-0.2, 0) is 6.42 Å². The van der Waals surface area contributed by atoms with Gasteiger partial charge in [-0.15, -0.1) is 4.91 Å². The highest BCUT2D eigenvalue weighted by Gasteiger charge is 2.06. The fourth-order valence-corrected chi connectivity index (χ4v) is 1.23. The van der Waals surface area contributed by atoms with Crippen LogP contribution in [0.25, 0.3) is 0 Å². The van der Waals surface area contributed by atoms with Crippen LogP contribution in [-0.4, -0.2) is 5.11 Å². The molecule has 0 aliphatic heterocycles. The van der Waals surface area contributed by atoms with Crippen LogP contribution in [0.15, 0.2) is 17.3 Å². The smallest absolute Gasteiger partial charge is 0.116 e. The van der Waals surface area contributed by atoms with Gasteiger partial charge >= 0.3 is 0 Å². The summed E-state index contributed by atoms with van der Waals surface area (Å²) in [4.78, 5) is 10.4. The van der Waals surface area contributed by atoms with Crippen molar-refractivity contribution < 1.29 is 5.11 Å². The molecule has 0 radical (unpaired) electrons. The Morgan fingerprint density at radius 3 is 2.67 bits per heavy atom. The van der Waals surface area contributed by atoms with Crippen LogP contribution in [0.5, 0.6) is 5.75 Å². The predicted molar refractivity (Wildman–Crippen MR) is 47.7 cm³/mol. The highest BCUT2D eigenvalue weighted by Crippen LogP contribution is 2.28. The molecule has 0 amide bonds. The molecule has 0 aliphatic carbocycles. The van der Waals surface area contributed by atoms with Gasteiger partial charge in [0.15, 0.2) is 0 Å². The Morgan fingerprint density at radius 2 is 2.17 bits per heavy atom. The first-order valence-electron chi connectivity index (χ1n) is 3.85. The zero-order valence-electron chi connectivity index (χ0n) is 7.16. The summed E-state index contributed by atoms with van der Waals surface area (Å²) in [5.74, 6) is 0.191. The van der Waals surface area contributed by atoms with Gasteiger partial charge in [0.25, 0.3) is 0 Å². The van der Waals surface area contributed by atoms with Gasteiger partial charge in [-0.3, -0.25) is 0 Å². The molecule has 1 rings (SSSR count). The van der Waals surface area contributed by atoms with E-state index < -0.39 is 0 Å². The fraction of sp³-hybridized carbons (Fsp3) is 0.333. The second kappa shape index (κ2) is 3.34. The van der Waals surface area contributed by atoms with Crippen LogP contribution in [0.4, 0.5) is 5.69 Å². The van der Waals surface area contributed by atoms with Crippen molar-refractivity contribution in [3.63, 3.8) is 0 Å². The Balaban J connectivity index is 3.33. The summed E-state index contributed by atoms with van der Waals surface area (Å²) in [5.41, 5.74) is 1.97. The quantitative estimate of drug-likeness (QED) is 0.685. The molecule has 0 unspecified atom stereocenters. The molecule has 0 fully saturated rings. The summed E-state index contributed by atoms with van der Waals surface area (Å²) in [7, 11) is 0.